The molecule has 1 heterocycles. The molecule has 39 heavy (non-hydrogen) atoms. The Morgan fingerprint density at radius 1 is 0.795 bits per heavy atom. The number of rotatable bonds is 10. The van der Waals surface area contributed by atoms with E-state index in [0.717, 1.165) is 16.7 Å². The number of carbonyl (C=O) groups excluding carboxylic acids is 1. The predicted molar refractivity (Wildman–Crippen MR) is 149 cm³/mol. The molecule has 1 fully saturated rings. The number of aliphatic hydroxyl groups excluding tert-OH is 1. The summed E-state index contributed by atoms with van der Waals surface area (Å²) in [6, 6.07) is 28.9. The van der Waals surface area contributed by atoms with E-state index in [2.05, 4.69) is 0 Å². The number of nitrogens with zero attached hydrogens (tertiary/aromatic N) is 1. The van der Waals surface area contributed by atoms with Crippen molar-refractivity contribution < 1.29 is 28.8 Å². The summed E-state index contributed by atoms with van der Waals surface area (Å²) in [5, 5.41) is 11.2. The van der Waals surface area contributed by atoms with Crippen LogP contribution >= 0.6 is 0 Å². The van der Waals surface area contributed by atoms with Crippen molar-refractivity contribution in [2.45, 2.75) is 77.1 Å². The van der Waals surface area contributed by atoms with E-state index in [1.807, 2.05) is 91.0 Å². The lowest BCUT2D eigenvalue weighted by Crippen LogP contribution is -2.64. The van der Waals surface area contributed by atoms with E-state index < -0.39 is 36.2 Å². The highest BCUT2D eigenvalue weighted by Crippen LogP contribution is 2.31. The Morgan fingerprint density at radius 2 is 1.28 bits per heavy atom. The highest BCUT2D eigenvalue weighted by Gasteiger charge is 2.47. The minimum atomic E-state index is -1.12. The first kappa shape index (κ1) is 28.8. The van der Waals surface area contributed by atoms with Crippen LogP contribution in [0.1, 0.15) is 43.9 Å². The van der Waals surface area contributed by atoms with Gasteiger partial charge in [-0.05, 0) is 37.5 Å². The summed E-state index contributed by atoms with van der Waals surface area (Å²) in [5.41, 5.74) is 2.29. The number of carbonyl (C=O) groups is 1. The summed E-state index contributed by atoms with van der Waals surface area (Å²) in [6.07, 6.45) is -2.60. The van der Waals surface area contributed by atoms with E-state index >= 15 is 0 Å². The van der Waals surface area contributed by atoms with Gasteiger partial charge in [-0.1, -0.05) is 91.0 Å². The first-order valence-corrected chi connectivity index (χ1v) is 13.4. The van der Waals surface area contributed by atoms with Gasteiger partial charge in [-0.25, -0.2) is 4.79 Å². The number of hydrogen-bond acceptors (Lipinski definition) is 6. The molecule has 0 saturated carbocycles. The van der Waals surface area contributed by atoms with E-state index in [-0.39, 0.29) is 13.0 Å². The van der Waals surface area contributed by atoms with Crippen LogP contribution in [0.4, 0.5) is 4.79 Å². The van der Waals surface area contributed by atoms with Crippen LogP contribution in [0.25, 0.3) is 0 Å². The molecule has 0 aromatic heterocycles. The van der Waals surface area contributed by atoms with Gasteiger partial charge in [-0.15, -0.1) is 0 Å². The topological polar surface area (TPSA) is 77.5 Å². The maximum atomic E-state index is 13.4. The highest BCUT2D eigenvalue weighted by molar-refractivity contribution is 5.69. The molecule has 3 aromatic carbocycles. The quantitative estimate of drug-likeness (QED) is 0.360. The van der Waals surface area contributed by atoms with E-state index in [0.29, 0.717) is 19.8 Å². The number of piperidine rings is 1. The zero-order chi connectivity index (χ0) is 27.7. The minimum absolute atomic E-state index is 0.135. The fourth-order valence-electron chi connectivity index (χ4n) is 4.63. The van der Waals surface area contributed by atoms with Crippen molar-refractivity contribution in [1.82, 2.24) is 4.90 Å². The Balaban J connectivity index is 1.59. The summed E-state index contributed by atoms with van der Waals surface area (Å²) in [5.74, 6) is 0. The first-order chi connectivity index (χ1) is 18.8. The van der Waals surface area contributed by atoms with Gasteiger partial charge in [0, 0.05) is 6.42 Å². The molecule has 1 aliphatic heterocycles. The Hall–Kier alpha value is -3.23. The molecule has 0 aliphatic carbocycles. The lowest BCUT2D eigenvalue weighted by atomic mass is 9.94. The number of amides is 1. The van der Waals surface area contributed by atoms with Crippen molar-refractivity contribution in [3.05, 3.63) is 108 Å². The van der Waals surface area contributed by atoms with Gasteiger partial charge in [-0.2, -0.15) is 0 Å². The van der Waals surface area contributed by atoms with Crippen LogP contribution < -0.4 is 0 Å². The largest absolute Gasteiger partial charge is 0.444 e. The second-order valence-corrected chi connectivity index (χ2v) is 10.8. The minimum Gasteiger partial charge on any atom is -0.444 e. The summed E-state index contributed by atoms with van der Waals surface area (Å²) in [6.45, 7) is 6.58. The molecule has 7 nitrogen and oxygen atoms in total. The average Bonchev–Trinajstić information content (AvgIpc) is 2.92. The molecule has 3 aromatic rings. The molecule has 1 N–H and O–H groups in total. The maximum Gasteiger partial charge on any atom is 0.412 e. The molecule has 4 rings (SSSR count). The van der Waals surface area contributed by atoms with Gasteiger partial charge in [0.2, 0.25) is 0 Å². The third-order valence-corrected chi connectivity index (χ3v) is 6.46. The van der Waals surface area contributed by atoms with E-state index in [1.54, 1.807) is 20.8 Å². The Labute approximate surface area is 231 Å². The molecule has 0 bridgehead atoms. The number of ether oxygens (including phenoxy) is 4. The summed E-state index contributed by atoms with van der Waals surface area (Å²) in [7, 11) is 0. The molecule has 1 saturated heterocycles. The summed E-state index contributed by atoms with van der Waals surface area (Å²) < 4.78 is 24.6. The fraction of sp³-hybridized carbons (Fsp3) is 0.406. The standard InChI is InChI=1S/C32H39NO6/c1-32(2,3)39-31(35)33-27(23-36-20-24-13-7-4-8-14-24)30(38-22-26-17-11-6-12-18-26)28(19-29(33)34)37-21-25-15-9-5-10-16-25/h4-18,27-30,34H,19-23H2,1-3H3/t27-,28+,29?,30+/m1/s1. The predicted octanol–water partition coefficient (Wildman–Crippen LogP) is 5.70. The zero-order valence-electron chi connectivity index (χ0n) is 22.9. The molecule has 1 amide bonds. The van der Waals surface area contributed by atoms with Crippen molar-refractivity contribution in [1.29, 1.82) is 0 Å². The summed E-state index contributed by atoms with van der Waals surface area (Å²) in [4.78, 5) is 14.7. The molecule has 7 heteroatoms. The van der Waals surface area contributed by atoms with E-state index in [1.165, 1.54) is 4.90 Å². The Kier molecular flexibility index (Phi) is 10.1. The SMILES string of the molecule is CC(C)(C)OC(=O)N1C(O)C[C@H](OCc2ccccc2)[C@@H](OCc2ccccc2)[C@H]1COCc1ccccc1. The second-order valence-electron chi connectivity index (χ2n) is 10.8. The molecule has 1 unspecified atom stereocenters. The van der Waals surface area contributed by atoms with Gasteiger partial charge in [0.1, 0.15) is 17.9 Å². The van der Waals surface area contributed by atoms with Crippen LogP contribution in [0.15, 0.2) is 91.0 Å². The van der Waals surface area contributed by atoms with Crippen LogP contribution in [0.3, 0.4) is 0 Å². The van der Waals surface area contributed by atoms with Crippen LogP contribution in [0, 0.1) is 0 Å². The van der Waals surface area contributed by atoms with Crippen LogP contribution in [-0.4, -0.2) is 52.8 Å². The van der Waals surface area contributed by atoms with E-state index in [9.17, 15) is 9.90 Å². The number of likely N-dealkylation sites (tertiary alicyclic amines) is 1. The van der Waals surface area contributed by atoms with Crippen LogP contribution in [0.2, 0.25) is 0 Å². The third-order valence-electron chi connectivity index (χ3n) is 6.46. The normalized spacial score (nSPS) is 21.5. The molecule has 4 atom stereocenters. The number of benzene rings is 3. The molecule has 0 radical (unpaired) electrons. The van der Waals surface area contributed by atoms with Crippen molar-refractivity contribution >= 4 is 6.09 Å². The smallest absolute Gasteiger partial charge is 0.412 e. The second kappa shape index (κ2) is 13.7. The van der Waals surface area contributed by atoms with Crippen molar-refractivity contribution in [3.63, 3.8) is 0 Å². The van der Waals surface area contributed by atoms with Gasteiger partial charge in [0.05, 0.1) is 38.6 Å². The first-order valence-electron chi connectivity index (χ1n) is 13.4. The summed E-state index contributed by atoms with van der Waals surface area (Å²) >= 11 is 0. The van der Waals surface area contributed by atoms with Crippen molar-refractivity contribution in [2.75, 3.05) is 6.61 Å². The number of hydrogen-bond donors (Lipinski definition) is 1. The fourth-order valence-corrected chi connectivity index (χ4v) is 4.63. The zero-order valence-corrected chi connectivity index (χ0v) is 22.9. The van der Waals surface area contributed by atoms with Crippen molar-refractivity contribution in [2.24, 2.45) is 0 Å². The van der Waals surface area contributed by atoms with Gasteiger partial charge >= 0.3 is 6.09 Å². The molecule has 208 valence electrons. The van der Waals surface area contributed by atoms with Crippen LogP contribution in [-0.2, 0) is 38.8 Å². The molecule has 0 spiro atoms. The molecular formula is C32H39NO6. The van der Waals surface area contributed by atoms with Gasteiger partial charge in [0.25, 0.3) is 0 Å². The van der Waals surface area contributed by atoms with Gasteiger partial charge in [-0.3, -0.25) is 4.90 Å². The van der Waals surface area contributed by atoms with Gasteiger partial charge < -0.3 is 24.1 Å². The average molecular weight is 534 g/mol. The maximum absolute atomic E-state index is 13.4. The lowest BCUT2D eigenvalue weighted by molar-refractivity contribution is -0.197. The highest BCUT2D eigenvalue weighted by atomic mass is 16.6. The third kappa shape index (κ3) is 8.63. The molecular weight excluding hydrogens is 494 g/mol. The Morgan fingerprint density at radius 3 is 1.79 bits per heavy atom. The van der Waals surface area contributed by atoms with Crippen molar-refractivity contribution in [3.8, 4) is 0 Å². The molecule has 1 aliphatic rings. The lowest BCUT2D eigenvalue weighted by Gasteiger charge is -2.47. The Bertz CT molecular complexity index is 1140. The van der Waals surface area contributed by atoms with Crippen LogP contribution in [0.5, 0.6) is 0 Å². The number of aliphatic hydroxyl groups is 1. The van der Waals surface area contributed by atoms with Gasteiger partial charge in [0.15, 0.2) is 0 Å². The van der Waals surface area contributed by atoms with E-state index in [4.69, 9.17) is 18.9 Å². The monoisotopic (exact) mass is 533 g/mol.